The number of carbonyl (C=O) groups is 2. The van der Waals surface area contributed by atoms with E-state index in [2.05, 4.69) is 0 Å². The van der Waals surface area contributed by atoms with Crippen molar-refractivity contribution < 1.29 is 14.7 Å². The Balaban J connectivity index is 3.60. The summed E-state index contributed by atoms with van der Waals surface area (Å²) in [6, 6.07) is 0. The molecule has 0 aromatic heterocycles. The van der Waals surface area contributed by atoms with Gasteiger partial charge in [0.15, 0.2) is 0 Å². The van der Waals surface area contributed by atoms with E-state index in [1.165, 1.54) is 0 Å². The summed E-state index contributed by atoms with van der Waals surface area (Å²) in [6.45, 7) is -0.290. The Morgan fingerprint density at radius 2 is 1.89 bits per heavy atom. The summed E-state index contributed by atoms with van der Waals surface area (Å²) in [4.78, 5) is 20.7. The third kappa shape index (κ3) is 3.21. The van der Waals surface area contributed by atoms with Gasteiger partial charge in [0, 0.05) is 6.42 Å². The second kappa shape index (κ2) is 4.47. The number of hydrogen-bond acceptors (Lipinski definition) is 3. The smallest absolute Gasteiger partial charge is 0.213 e. The lowest BCUT2D eigenvalue weighted by molar-refractivity contribution is -0.135. The lowest BCUT2D eigenvalue weighted by Gasteiger charge is -1.89. The molecule has 0 amide bonds. The van der Waals surface area contributed by atoms with E-state index in [4.69, 9.17) is 16.7 Å². The molecule has 0 aliphatic heterocycles. The van der Waals surface area contributed by atoms with Crippen LogP contribution in [0.4, 0.5) is 0 Å². The predicted molar refractivity (Wildman–Crippen MR) is 32.4 cm³/mol. The molecule has 0 aliphatic rings. The largest absolute Gasteiger partial charge is 0.396 e. The fourth-order valence-corrected chi connectivity index (χ4v) is 0.465. The number of carbonyl (C=O) groups excluding carboxylic acids is 2. The minimum atomic E-state index is -0.634. The Bertz CT molecular complexity index is 121. The van der Waals surface area contributed by atoms with Crippen molar-refractivity contribution in [1.82, 2.24) is 0 Å². The van der Waals surface area contributed by atoms with Gasteiger partial charge in [-0.3, -0.25) is 9.59 Å². The molecule has 9 heavy (non-hydrogen) atoms. The average molecular weight is 151 g/mol. The van der Waals surface area contributed by atoms with Gasteiger partial charge in [-0.15, -0.1) is 11.6 Å². The molecule has 0 aromatic carbocycles. The van der Waals surface area contributed by atoms with Crippen LogP contribution in [0.1, 0.15) is 6.42 Å². The van der Waals surface area contributed by atoms with Crippen LogP contribution in [0.2, 0.25) is 0 Å². The zero-order chi connectivity index (χ0) is 7.28. The normalized spacial score (nSPS) is 9.11. The molecule has 0 aliphatic carbocycles. The minimum absolute atomic E-state index is 0.119. The molecule has 0 spiro atoms. The van der Waals surface area contributed by atoms with E-state index in [1.807, 2.05) is 0 Å². The Hall–Kier alpha value is -0.410. The number of Topliss-reactive ketones (excluding diaryl/α,β-unsaturated/α-hetero) is 2. The summed E-state index contributed by atoms with van der Waals surface area (Å²) in [5.41, 5.74) is 0. The summed E-state index contributed by atoms with van der Waals surface area (Å²) < 4.78 is 0. The van der Waals surface area contributed by atoms with Crippen LogP contribution >= 0.6 is 11.6 Å². The second-order valence-corrected chi connectivity index (χ2v) is 1.72. The Morgan fingerprint density at radius 3 is 2.22 bits per heavy atom. The second-order valence-electron chi connectivity index (χ2n) is 1.45. The molecule has 52 valence electrons. The first-order valence-corrected chi connectivity index (χ1v) is 2.98. The van der Waals surface area contributed by atoms with Gasteiger partial charge in [0.25, 0.3) is 0 Å². The zero-order valence-corrected chi connectivity index (χ0v) is 5.52. The van der Waals surface area contributed by atoms with Crippen LogP contribution in [-0.4, -0.2) is 29.2 Å². The lowest BCUT2D eigenvalue weighted by atomic mass is 10.2. The third-order valence-corrected chi connectivity index (χ3v) is 1.01. The van der Waals surface area contributed by atoms with Crippen molar-refractivity contribution in [2.45, 2.75) is 6.42 Å². The zero-order valence-electron chi connectivity index (χ0n) is 4.76. The van der Waals surface area contributed by atoms with E-state index >= 15 is 0 Å². The number of hydrogen-bond donors (Lipinski definition) is 1. The molecule has 3 nitrogen and oxygen atoms in total. The van der Waals surface area contributed by atoms with Gasteiger partial charge in [0.05, 0.1) is 12.5 Å². The van der Waals surface area contributed by atoms with E-state index < -0.39 is 11.6 Å². The predicted octanol–water partition coefficient (Wildman–Crippen LogP) is -0.254. The van der Waals surface area contributed by atoms with Crippen molar-refractivity contribution in [3.05, 3.63) is 0 Å². The van der Waals surface area contributed by atoms with Crippen molar-refractivity contribution >= 4 is 23.2 Å². The first-order chi connectivity index (χ1) is 4.22. The van der Waals surface area contributed by atoms with Crippen LogP contribution in [0.5, 0.6) is 0 Å². The van der Waals surface area contributed by atoms with Gasteiger partial charge in [0.1, 0.15) is 0 Å². The Labute approximate surface area is 57.6 Å². The van der Waals surface area contributed by atoms with E-state index in [1.54, 1.807) is 0 Å². The third-order valence-electron chi connectivity index (χ3n) is 0.771. The highest BCUT2D eigenvalue weighted by Gasteiger charge is 2.09. The van der Waals surface area contributed by atoms with Crippen LogP contribution in [0.3, 0.4) is 0 Å². The number of ketones is 2. The first kappa shape index (κ1) is 8.59. The van der Waals surface area contributed by atoms with Crippen molar-refractivity contribution in [3.8, 4) is 0 Å². The summed E-state index contributed by atoms with van der Waals surface area (Å²) in [7, 11) is 0. The fourth-order valence-electron chi connectivity index (χ4n) is 0.315. The highest BCUT2D eigenvalue weighted by atomic mass is 35.5. The standard InChI is InChI=1S/C5H7ClO3/c6-3-5(9)4(8)1-2-7/h7H,1-3H2. The van der Waals surface area contributed by atoms with E-state index in [0.29, 0.717) is 0 Å². The number of rotatable bonds is 4. The number of aliphatic hydroxyl groups excluding tert-OH is 1. The molecule has 4 heteroatoms. The van der Waals surface area contributed by atoms with Crippen LogP contribution in [0, 0.1) is 0 Å². The highest BCUT2D eigenvalue weighted by molar-refractivity contribution is 6.47. The van der Waals surface area contributed by atoms with Crippen LogP contribution < -0.4 is 0 Å². The summed E-state index contributed by atoms with van der Waals surface area (Å²) in [6.07, 6.45) is -0.119. The maximum atomic E-state index is 10.4. The molecule has 0 atom stereocenters. The first-order valence-electron chi connectivity index (χ1n) is 2.45. The minimum Gasteiger partial charge on any atom is -0.396 e. The van der Waals surface area contributed by atoms with Crippen molar-refractivity contribution in [1.29, 1.82) is 0 Å². The SMILES string of the molecule is O=C(CCl)C(=O)CCO. The molecule has 0 saturated carbocycles. The van der Waals surface area contributed by atoms with Gasteiger partial charge in [-0.2, -0.15) is 0 Å². The summed E-state index contributed by atoms with van der Waals surface area (Å²) >= 11 is 5.03. The molecular formula is C5H7ClO3. The molecule has 0 radical (unpaired) electrons. The molecule has 0 bridgehead atoms. The van der Waals surface area contributed by atoms with Gasteiger partial charge in [-0.25, -0.2) is 0 Å². The van der Waals surface area contributed by atoms with Crippen molar-refractivity contribution in [3.63, 3.8) is 0 Å². The van der Waals surface area contributed by atoms with Crippen molar-refractivity contribution in [2.75, 3.05) is 12.5 Å². The Morgan fingerprint density at radius 1 is 1.33 bits per heavy atom. The van der Waals surface area contributed by atoms with Gasteiger partial charge < -0.3 is 5.11 Å². The molecule has 0 aromatic rings. The molecule has 0 fully saturated rings. The van der Waals surface area contributed by atoms with Gasteiger partial charge in [0.2, 0.25) is 11.6 Å². The molecule has 0 rings (SSSR count). The number of alkyl halides is 1. The average Bonchev–Trinajstić information content (AvgIpc) is 1.87. The van der Waals surface area contributed by atoms with Gasteiger partial charge in [-0.1, -0.05) is 0 Å². The lowest BCUT2D eigenvalue weighted by Crippen LogP contribution is -2.15. The molecule has 0 unspecified atom stereocenters. The highest BCUT2D eigenvalue weighted by Crippen LogP contribution is 1.86. The summed E-state index contributed by atoms with van der Waals surface area (Å²) in [5, 5.41) is 8.16. The maximum Gasteiger partial charge on any atom is 0.213 e. The van der Waals surface area contributed by atoms with Gasteiger partial charge in [-0.05, 0) is 0 Å². The van der Waals surface area contributed by atoms with Crippen LogP contribution in [0.15, 0.2) is 0 Å². The fraction of sp³-hybridized carbons (Fsp3) is 0.600. The summed E-state index contributed by atoms with van der Waals surface area (Å²) in [5.74, 6) is -1.53. The number of halogens is 1. The van der Waals surface area contributed by atoms with Crippen molar-refractivity contribution in [2.24, 2.45) is 0 Å². The quantitative estimate of drug-likeness (QED) is 0.444. The monoisotopic (exact) mass is 150 g/mol. The van der Waals surface area contributed by atoms with Crippen LogP contribution in [-0.2, 0) is 9.59 Å². The van der Waals surface area contributed by atoms with E-state index in [-0.39, 0.29) is 18.9 Å². The van der Waals surface area contributed by atoms with Gasteiger partial charge >= 0.3 is 0 Å². The number of aliphatic hydroxyl groups is 1. The molecular weight excluding hydrogens is 144 g/mol. The van der Waals surface area contributed by atoms with E-state index in [0.717, 1.165) is 0 Å². The van der Waals surface area contributed by atoms with Crippen LogP contribution in [0.25, 0.3) is 0 Å². The maximum absolute atomic E-state index is 10.4. The topological polar surface area (TPSA) is 54.4 Å². The molecule has 0 saturated heterocycles. The molecule has 1 N–H and O–H groups in total. The molecule has 0 heterocycles. The Kier molecular flexibility index (Phi) is 4.26. The van der Waals surface area contributed by atoms with E-state index in [9.17, 15) is 9.59 Å².